The van der Waals surface area contributed by atoms with E-state index < -0.39 is 6.10 Å². The van der Waals surface area contributed by atoms with Gasteiger partial charge in [0.25, 0.3) is 0 Å². The highest BCUT2D eigenvalue weighted by Crippen LogP contribution is 2.11. The summed E-state index contributed by atoms with van der Waals surface area (Å²) in [6.07, 6.45) is 2.86. The van der Waals surface area contributed by atoms with Crippen LogP contribution in [0.4, 0.5) is 0 Å². The van der Waals surface area contributed by atoms with Crippen LogP contribution in [0, 0.1) is 0 Å². The molecular formula is C9H16N2O2. The third-order valence-corrected chi connectivity index (χ3v) is 1.78. The van der Waals surface area contributed by atoms with Gasteiger partial charge in [-0.05, 0) is 13.8 Å². The van der Waals surface area contributed by atoms with Crippen molar-refractivity contribution in [3.63, 3.8) is 0 Å². The maximum absolute atomic E-state index is 9.65. The Morgan fingerprint density at radius 1 is 1.62 bits per heavy atom. The van der Waals surface area contributed by atoms with E-state index in [1.807, 2.05) is 20.9 Å². The molecule has 0 radical (unpaired) electrons. The molecule has 1 heterocycles. The van der Waals surface area contributed by atoms with Crippen molar-refractivity contribution in [1.29, 1.82) is 0 Å². The molecule has 1 N–H and O–H groups in total. The fourth-order valence-corrected chi connectivity index (χ4v) is 1.06. The van der Waals surface area contributed by atoms with Gasteiger partial charge in [0.2, 0.25) is 0 Å². The lowest BCUT2D eigenvalue weighted by molar-refractivity contribution is 0.00221. The van der Waals surface area contributed by atoms with Gasteiger partial charge in [0.15, 0.2) is 0 Å². The van der Waals surface area contributed by atoms with Crippen LogP contribution in [-0.2, 0) is 11.8 Å². The molecule has 1 rings (SSSR count). The Morgan fingerprint density at radius 3 is 2.77 bits per heavy atom. The van der Waals surface area contributed by atoms with Gasteiger partial charge in [0.1, 0.15) is 6.10 Å². The largest absolute Gasteiger partial charge is 0.384 e. The number of nitrogens with zero attached hydrogens (tertiary/aromatic N) is 2. The maximum Gasteiger partial charge on any atom is 0.119 e. The highest BCUT2D eigenvalue weighted by molar-refractivity contribution is 5.01. The van der Waals surface area contributed by atoms with E-state index in [4.69, 9.17) is 4.74 Å². The van der Waals surface area contributed by atoms with Crippen LogP contribution in [0.15, 0.2) is 12.5 Å². The van der Waals surface area contributed by atoms with Crippen molar-refractivity contribution in [2.45, 2.75) is 26.1 Å². The summed E-state index contributed by atoms with van der Waals surface area (Å²) >= 11 is 0. The lowest BCUT2D eigenvalue weighted by atomic mass is 10.3. The molecule has 0 aromatic carbocycles. The number of aliphatic hydroxyl groups is 1. The second-order valence-electron chi connectivity index (χ2n) is 3.33. The summed E-state index contributed by atoms with van der Waals surface area (Å²) in [7, 11) is 1.85. The summed E-state index contributed by atoms with van der Waals surface area (Å²) in [6, 6.07) is 0. The van der Waals surface area contributed by atoms with Crippen molar-refractivity contribution in [2.24, 2.45) is 7.05 Å². The smallest absolute Gasteiger partial charge is 0.119 e. The van der Waals surface area contributed by atoms with E-state index in [0.29, 0.717) is 6.61 Å². The molecule has 0 saturated heterocycles. The highest BCUT2D eigenvalue weighted by Gasteiger charge is 2.11. The number of aryl methyl sites for hydroxylation is 1. The van der Waals surface area contributed by atoms with Crippen LogP contribution in [0.3, 0.4) is 0 Å². The third-order valence-electron chi connectivity index (χ3n) is 1.78. The molecule has 1 atom stereocenters. The SMILES string of the molecule is CC(C)OCC(O)c1cncn1C. The molecule has 0 aliphatic rings. The standard InChI is InChI=1S/C9H16N2O2/c1-7(2)13-5-9(12)8-4-10-6-11(8)3/h4,6-7,9,12H,5H2,1-3H3. The van der Waals surface area contributed by atoms with Crippen molar-refractivity contribution < 1.29 is 9.84 Å². The molecule has 4 heteroatoms. The van der Waals surface area contributed by atoms with Gasteiger partial charge >= 0.3 is 0 Å². The third kappa shape index (κ3) is 2.82. The first-order valence-corrected chi connectivity index (χ1v) is 4.37. The van der Waals surface area contributed by atoms with Crippen LogP contribution in [0.5, 0.6) is 0 Å². The van der Waals surface area contributed by atoms with Crippen molar-refractivity contribution >= 4 is 0 Å². The van der Waals surface area contributed by atoms with Crippen LogP contribution in [0.1, 0.15) is 25.6 Å². The van der Waals surface area contributed by atoms with Crippen LogP contribution in [-0.4, -0.2) is 27.4 Å². The van der Waals surface area contributed by atoms with Crippen molar-refractivity contribution in [1.82, 2.24) is 9.55 Å². The Kier molecular flexibility index (Phi) is 3.45. The number of aromatic nitrogens is 2. The Hall–Kier alpha value is -0.870. The fourth-order valence-electron chi connectivity index (χ4n) is 1.06. The molecule has 0 fully saturated rings. The molecule has 0 aliphatic carbocycles. The molecular weight excluding hydrogens is 168 g/mol. The molecule has 13 heavy (non-hydrogen) atoms. The zero-order chi connectivity index (χ0) is 9.84. The number of hydrogen-bond acceptors (Lipinski definition) is 3. The maximum atomic E-state index is 9.65. The molecule has 4 nitrogen and oxygen atoms in total. The van der Waals surface area contributed by atoms with E-state index >= 15 is 0 Å². The topological polar surface area (TPSA) is 47.3 Å². The van der Waals surface area contributed by atoms with Gasteiger partial charge in [-0.15, -0.1) is 0 Å². The minimum absolute atomic E-state index is 0.142. The van der Waals surface area contributed by atoms with Crippen LogP contribution in [0.25, 0.3) is 0 Å². The van der Waals surface area contributed by atoms with Gasteiger partial charge in [-0.1, -0.05) is 0 Å². The zero-order valence-electron chi connectivity index (χ0n) is 8.27. The molecule has 0 bridgehead atoms. The lowest BCUT2D eigenvalue weighted by Gasteiger charge is -2.13. The Balaban J connectivity index is 2.49. The lowest BCUT2D eigenvalue weighted by Crippen LogP contribution is -2.14. The van der Waals surface area contributed by atoms with Crippen LogP contribution >= 0.6 is 0 Å². The number of imidazole rings is 1. The molecule has 0 amide bonds. The first-order valence-electron chi connectivity index (χ1n) is 4.37. The average Bonchev–Trinajstić information content (AvgIpc) is 2.47. The average molecular weight is 184 g/mol. The van der Waals surface area contributed by atoms with Crippen molar-refractivity contribution in [2.75, 3.05) is 6.61 Å². The van der Waals surface area contributed by atoms with Crippen LogP contribution < -0.4 is 0 Å². The Morgan fingerprint density at radius 2 is 2.31 bits per heavy atom. The second-order valence-corrected chi connectivity index (χ2v) is 3.33. The summed E-state index contributed by atoms with van der Waals surface area (Å²) < 4.78 is 7.08. The molecule has 1 aromatic rings. The number of hydrogen-bond donors (Lipinski definition) is 1. The van der Waals surface area contributed by atoms with E-state index in [0.717, 1.165) is 5.69 Å². The zero-order valence-corrected chi connectivity index (χ0v) is 8.27. The number of aliphatic hydroxyl groups excluding tert-OH is 1. The second kappa shape index (κ2) is 4.39. The summed E-state index contributed by atoms with van der Waals surface area (Å²) in [5.74, 6) is 0. The molecule has 1 aromatic heterocycles. The van der Waals surface area contributed by atoms with Crippen molar-refractivity contribution in [3.05, 3.63) is 18.2 Å². The molecule has 0 spiro atoms. The summed E-state index contributed by atoms with van der Waals surface area (Å²) in [5, 5.41) is 9.65. The molecule has 0 saturated carbocycles. The Bertz CT molecular complexity index is 258. The highest BCUT2D eigenvalue weighted by atomic mass is 16.5. The number of rotatable bonds is 4. The fraction of sp³-hybridized carbons (Fsp3) is 0.667. The predicted octanol–water partition coefficient (Wildman–Crippen LogP) is 0.879. The Labute approximate surface area is 78.2 Å². The van der Waals surface area contributed by atoms with Gasteiger partial charge < -0.3 is 14.4 Å². The quantitative estimate of drug-likeness (QED) is 0.755. The van der Waals surface area contributed by atoms with Gasteiger partial charge in [-0.25, -0.2) is 4.98 Å². The molecule has 1 unspecified atom stereocenters. The minimum atomic E-state index is -0.588. The normalized spacial score (nSPS) is 13.6. The molecule has 74 valence electrons. The van der Waals surface area contributed by atoms with E-state index in [-0.39, 0.29) is 6.10 Å². The van der Waals surface area contributed by atoms with Crippen molar-refractivity contribution in [3.8, 4) is 0 Å². The van der Waals surface area contributed by atoms with E-state index in [2.05, 4.69) is 4.98 Å². The first-order chi connectivity index (χ1) is 6.11. The van der Waals surface area contributed by atoms with Gasteiger partial charge in [-0.3, -0.25) is 0 Å². The predicted molar refractivity (Wildman–Crippen MR) is 49.3 cm³/mol. The summed E-state index contributed by atoms with van der Waals surface area (Å²) in [5.41, 5.74) is 0.778. The van der Waals surface area contributed by atoms with Gasteiger partial charge in [0.05, 0.1) is 30.9 Å². The monoisotopic (exact) mass is 184 g/mol. The first kappa shape index (κ1) is 10.2. The minimum Gasteiger partial charge on any atom is -0.384 e. The van der Waals surface area contributed by atoms with Crippen LogP contribution in [0.2, 0.25) is 0 Å². The number of ether oxygens (including phenoxy) is 1. The van der Waals surface area contributed by atoms with E-state index in [1.54, 1.807) is 17.1 Å². The summed E-state index contributed by atoms with van der Waals surface area (Å²) in [4.78, 5) is 3.92. The summed E-state index contributed by atoms with van der Waals surface area (Å²) in [6.45, 7) is 4.20. The van der Waals surface area contributed by atoms with Gasteiger partial charge in [-0.2, -0.15) is 0 Å². The van der Waals surface area contributed by atoms with E-state index in [9.17, 15) is 5.11 Å². The molecule has 0 aliphatic heterocycles. The van der Waals surface area contributed by atoms with E-state index in [1.165, 1.54) is 0 Å². The van der Waals surface area contributed by atoms with Gasteiger partial charge in [0, 0.05) is 7.05 Å².